The average molecular weight is 513 g/mol. The van der Waals surface area contributed by atoms with Gasteiger partial charge in [0.15, 0.2) is 0 Å². The molecular weight excluding hydrogens is 488 g/mol. The summed E-state index contributed by atoms with van der Waals surface area (Å²) in [7, 11) is 0. The van der Waals surface area contributed by atoms with Crippen LogP contribution in [0.25, 0.3) is 0 Å². The van der Waals surface area contributed by atoms with Gasteiger partial charge in [-0.1, -0.05) is 24.1 Å². The maximum absolute atomic E-state index is 13.5. The molecule has 2 heterocycles. The molecule has 0 radical (unpaired) electrons. The van der Waals surface area contributed by atoms with Gasteiger partial charge in [-0.2, -0.15) is 18.2 Å². The predicted molar refractivity (Wildman–Crippen MR) is 124 cm³/mol. The number of alkyl halides is 3. The summed E-state index contributed by atoms with van der Waals surface area (Å²) in [6, 6.07) is 8.39. The summed E-state index contributed by atoms with van der Waals surface area (Å²) in [5.74, 6) is -0.301. The molecule has 0 spiro atoms. The van der Waals surface area contributed by atoms with Gasteiger partial charge < -0.3 is 15.0 Å². The molecule has 2 atom stereocenters. The molecule has 1 fully saturated rings. The van der Waals surface area contributed by atoms with Crippen molar-refractivity contribution >= 4 is 23.2 Å². The van der Waals surface area contributed by atoms with Crippen molar-refractivity contribution in [2.75, 3.05) is 23.3 Å². The maximum Gasteiger partial charge on any atom is 0.408 e. The zero-order valence-corrected chi connectivity index (χ0v) is 19.7. The van der Waals surface area contributed by atoms with Crippen molar-refractivity contribution in [2.24, 2.45) is 5.92 Å². The third-order valence-electron chi connectivity index (χ3n) is 5.86. The third-order valence-corrected chi connectivity index (χ3v) is 6.06. The first-order chi connectivity index (χ1) is 16.7. The number of pyridine rings is 1. The Morgan fingerprint density at radius 3 is 2.77 bits per heavy atom. The van der Waals surface area contributed by atoms with Crippen LogP contribution in [0.1, 0.15) is 26.2 Å². The highest BCUT2D eigenvalue weighted by molar-refractivity contribution is 6.29. The fraction of sp³-hybridized carbons (Fsp3) is 0.435. The Hall–Kier alpha value is -3.08. The highest BCUT2D eigenvalue weighted by atomic mass is 35.5. The SMILES string of the molecule is CCN(CC1CCCC1Nc1nc(Oc2cccc(F)c2)n(CC(F)(F)F)n1)c1ccnc(Cl)c1. The van der Waals surface area contributed by atoms with Crippen molar-refractivity contribution < 1.29 is 22.3 Å². The molecule has 0 aliphatic heterocycles. The molecule has 1 saturated carbocycles. The minimum absolute atomic E-state index is 0.0284. The molecule has 1 aromatic carbocycles. The molecule has 1 N–H and O–H groups in total. The van der Waals surface area contributed by atoms with E-state index in [1.807, 2.05) is 13.0 Å². The zero-order chi connectivity index (χ0) is 25.0. The Bertz CT molecular complexity index is 1140. The molecule has 188 valence electrons. The predicted octanol–water partition coefficient (Wildman–Crippen LogP) is 5.93. The molecule has 3 aromatic rings. The number of rotatable bonds is 9. The highest BCUT2D eigenvalue weighted by Crippen LogP contribution is 2.32. The summed E-state index contributed by atoms with van der Waals surface area (Å²) in [6.45, 7) is 2.15. The van der Waals surface area contributed by atoms with E-state index in [1.54, 1.807) is 12.3 Å². The summed E-state index contributed by atoms with van der Waals surface area (Å²) in [6.07, 6.45) is -0.139. The quantitative estimate of drug-likeness (QED) is 0.283. The van der Waals surface area contributed by atoms with Gasteiger partial charge >= 0.3 is 12.2 Å². The van der Waals surface area contributed by atoms with Crippen LogP contribution in [-0.4, -0.2) is 45.1 Å². The van der Waals surface area contributed by atoms with E-state index in [0.717, 1.165) is 44.1 Å². The molecule has 0 bridgehead atoms. The fourth-order valence-electron chi connectivity index (χ4n) is 4.27. The van der Waals surface area contributed by atoms with Gasteiger partial charge in [-0.05, 0) is 49.9 Å². The van der Waals surface area contributed by atoms with Crippen molar-refractivity contribution in [1.29, 1.82) is 0 Å². The van der Waals surface area contributed by atoms with Crippen LogP contribution >= 0.6 is 11.6 Å². The number of hydrogen-bond acceptors (Lipinski definition) is 6. The lowest BCUT2D eigenvalue weighted by Gasteiger charge is -2.29. The van der Waals surface area contributed by atoms with E-state index in [9.17, 15) is 17.6 Å². The van der Waals surface area contributed by atoms with Crippen LogP contribution in [0.4, 0.5) is 29.2 Å². The van der Waals surface area contributed by atoms with Crippen molar-refractivity contribution in [2.45, 2.75) is 44.9 Å². The first kappa shape index (κ1) is 25.0. The summed E-state index contributed by atoms with van der Waals surface area (Å²) >= 11 is 6.05. The molecule has 0 saturated heterocycles. The van der Waals surface area contributed by atoms with Gasteiger partial charge in [-0.3, -0.25) is 0 Å². The van der Waals surface area contributed by atoms with Gasteiger partial charge in [-0.25, -0.2) is 14.1 Å². The number of hydrogen-bond donors (Lipinski definition) is 1. The first-order valence-electron chi connectivity index (χ1n) is 11.3. The van der Waals surface area contributed by atoms with Gasteiger partial charge in [0.05, 0.1) is 0 Å². The second kappa shape index (κ2) is 10.7. The van der Waals surface area contributed by atoms with E-state index < -0.39 is 18.5 Å². The lowest BCUT2D eigenvalue weighted by Crippen LogP contribution is -2.36. The zero-order valence-electron chi connectivity index (χ0n) is 19.0. The van der Waals surface area contributed by atoms with E-state index in [-0.39, 0.29) is 29.7 Å². The summed E-state index contributed by atoms with van der Waals surface area (Å²) < 4.78 is 59.0. The number of ether oxygens (including phenoxy) is 1. The molecule has 35 heavy (non-hydrogen) atoms. The van der Waals surface area contributed by atoms with Crippen molar-refractivity contribution in [3.05, 3.63) is 53.6 Å². The van der Waals surface area contributed by atoms with Crippen LogP contribution in [0.5, 0.6) is 11.8 Å². The Kier molecular flexibility index (Phi) is 7.63. The van der Waals surface area contributed by atoms with E-state index in [1.165, 1.54) is 18.2 Å². The van der Waals surface area contributed by atoms with Crippen molar-refractivity contribution in [3.63, 3.8) is 0 Å². The maximum atomic E-state index is 13.5. The molecule has 12 heteroatoms. The van der Waals surface area contributed by atoms with E-state index in [2.05, 4.69) is 25.3 Å². The molecule has 1 aliphatic rings. The molecule has 2 unspecified atom stereocenters. The minimum Gasteiger partial charge on any atom is -0.424 e. The number of nitrogens with one attached hydrogen (secondary N) is 1. The molecule has 4 rings (SSSR count). The largest absolute Gasteiger partial charge is 0.424 e. The van der Waals surface area contributed by atoms with Gasteiger partial charge in [0, 0.05) is 37.1 Å². The van der Waals surface area contributed by atoms with Crippen LogP contribution < -0.4 is 15.0 Å². The molecule has 0 amide bonds. The number of halogens is 5. The number of nitrogens with zero attached hydrogens (tertiary/aromatic N) is 5. The number of anilines is 2. The Morgan fingerprint density at radius 2 is 2.06 bits per heavy atom. The van der Waals surface area contributed by atoms with Gasteiger partial charge in [0.1, 0.15) is 23.3 Å². The van der Waals surface area contributed by atoms with Gasteiger partial charge in [0.25, 0.3) is 0 Å². The lowest BCUT2D eigenvalue weighted by molar-refractivity contribution is -0.143. The second-order valence-electron chi connectivity index (χ2n) is 8.37. The fourth-order valence-corrected chi connectivity index (χ4v) is 4.44. The van der Waals surface area contributed by atoms with Crippen molar-refractivity contribution in [3.8, 4) is 11.8 Å². The number of aromatic nitrogens is 4. The van der Waals surface area contributed by atoms with Gasteiger partial charge in [0.2, 0.25) is 5.95 Å². The van der Waals surface area contributed by atoms with Crippen LogP contribution in [0.15, 0.2) is 42.6 Å². The van der Waals surface area contributed by atoms with E-state index in [4.69, 9.17) is 16.3 Å². The Morgan fingerprint density at radius 1 is 1.23 bits per heavy atom. The highest BCUT2D eigenvalue weighted by Gasteiger charge is 2.33. The molecule has 1 aliphatic carbocycles. The third kappa shape index (κ3) is 6.74. The van der Waals surface area contributed by atoms with Crippen LogP contribution in [0, 0.1) is 11.7 Å². The Balaban J connectivity index is 1.50. The minimum atomic E-state index is -4.53. The Labute approximate surface area is 205 Å². The van der Waals surface area contributed by atoms with Crippen LogP contribution in [0.3, 0.4) is 0 Å². The van der Waals surface area contributed by atoms with Gasteiger partial charge in [-0.15, -0.1) is 5.10 Å². The average Bonchev–Trinajstić information content (AvgIpc) is 3.37. The monoisotopic (exact) mass is 512 g/mol. The topological polar surface area (TPSA) is 68.1 Å². The summed E-state index contributed by atoms with van der Waals surface area (Å²) in [5, 5.41) is 7.60. The second-order valence-corrected chi connectivity index (χ2v) is 8.75. The molecule has 2 aromatic heterocycles. The molecule has 7 nitrogen and oxygen atoms in total. The van der Waals surface area contributed by atoms with E-state index >= 15 is 0 Å². The standard InChI is InChI=1S/C23H25ClF4N6O/c1-2-33(17-9-10-29-20(24)12-17)13-15-5-3-8-19(15)30-21-31-22(34(32-21)14-23(26,27)28)35-18-7-4-6-16(25)11-18/h4,6-7,9-12,15,19H,2-3,5,8,13-14H2,1H3,(H,30,32). The van der Waals surface area contributed by atoms with Crippen molar-refractivity contribution in [1.82, 2.24) is 19.7 Å². The van der Waals surface area contributed by atoms with E-state index in [0.29, 0.717) is 9.83 Å². The normalized spacial score (nSPS) is 18.0. The summed E-state index contributed by atoms with van der Waals surface area (Å²) in [4.78, 5) is 10.4. The van der Waals surface area contributed by atoms with Crippen LogP contribution in [-0.2, 0) is 6.54 Å². The summed E-state index contributed by atoms with van der Waals surface area (Å²) in [5.41, 5.74) is 0.955. The molecular formula is C23H25ClF4N6O. The van der Waals surface area contributed by atoms with Crippen LogP contribution in [0.2, 0.25) is 5.15 Å². The smallest absolute Gasteiger partial charge is 0.408 e. The lowest BCUT2D eigenvalue weighted by atomic mass is 10.0. The first-order valence-corrected chi connectivity index (χ1v) is 11.7. The number of benzene rings is 1.